The van der Waals surface area contributed by atoms with Gasteiger partial charge in [-0.05, 0) is 31.5 Å². The van der Waals surface area contributed by atoms with Crippen LogP contribution in [0.3, 0.4) is 0 Å². The Labute approximate surface area is 77.9 Å². The van der Waals surface area contributed by atoms with Gasteiger partial charge in [-0.1, -0.05) is 6.42 Å². The molecule has 4 nitrogen and oxygen atoms in total. The summed E-state index contributed by atoms with van der Waals surface area (Å²) < 4.78 is 0. The van der Waals surface area contributed by atoms with Gasteiger partial charge in [0.2, 0.25) is 0 Å². The molecule has 1 saturated carbocycles. The molecule has 0 saturated heterocycles. The Morgan fingerprint density at radius 2 is 2.17 bits per heavy atom. The van der Waals surface area contributed by atoms with Crippen molar-refractivity contribution in [2.24, 2.45) is 17.2 Å². The third-order valence-corrected chi connectivity index (χ3v) is 2.48. The number of thiocarbonyl (C=S) groups is 1. The fourth-order valence-electron chi connectivity index (χ4n) is 1.61. The molecule has 70 valence electrons. The average Bonchev–Trinajstić information content (AvgIpc) is 1.94. The SMILES string of the molecule is NC(=S)NC1(N)CCCCC1N. The van der Waals surface area contributed by atoms with Crippen LogP contribution in [0.1, 0.15) is 25.7 Å². The van der Waals surface area contributed by atoms with Crippen molar-refractivity contribution in [3.63, 3.8) is 0 Å². The summed E-state index contributed by atoms with van der Waals surface area (Å²) in [5.74, 6) is 0. The zero-order valence-electron chi connectivity index (χ0n) is 7.05. The van der Waals surface area contributed by atoms with Gasteiger partial charge in [0.1, 0.15) is 5.66 Å². The second-order valence-corrected chi connectivity index (χ2v) is 3.82. The highest BCUT2D eigenvalue weighted by Gasteiger charge is 2.34. The van der Waals surface area contributed by atoms with E-state index in [1.807, 2.05) is 0 Å². The third kappa shape index (κ3) is 2.06. The molecule has 0 bridgehead atoms. The maximum absolute atomic E-state index is 6.00. The number of hydrogen-bond donors (Lipinski definition) is 4. The van der Waals surface area contributed by atoms with Gasteiger partial charge in [-0.2, -0.15) is 0 Å². The Morgan fingerprint density at radius 3 is 2.67 bits per heavy atom. The Bertz CT molecular complexity index is 184. The molecule has 12 heavy (non-hydrogen) atoms. The highest BCUT2D eigenvalue weighted by Crippen LogP contribution is 2.22. The van der Waals surface area contributed by atoms with Crippen molar-refractivity contribution in [1.29, 1.82) is 0 Å². The summed E-state index contributed by atoms with van der Waals surface area (Å²) in [5, 5.41) is 3.10. The van der Waals surface area contributed by atoms with Crippen LogP contribution in [0.2, 0.25) is 0 Å². The molecule has 0 spiro atoms. The van der Waals surface area contributed by atoms with E-state index in [0.717, 1.165) is 25.7 Å². The molecule has 1 aliphatic carbocycles. The number of hydrogen-bond acceptors (Lipinski definition) is 3. The molecule has 0 amide bonds. The molecule has 0 aliphatic heterocycles. The molecule has 0 radical (unpaired) electrons. The van der Waals surface area contributed by atoms with E-state index in [4.69, 9.17) is 29.4 Å². The molecule has 5 heteroatoms. The molecule has 0 heterocycles. The van der Waals surface area contributed by atoms with Crippen LogP contribution < -0.4 is 22.5 Å². The van der Waals surface area contributed by atoms with Gasteiger partial charge in [-0.15, -0.1) is 0 Å². The van der Waals surface area contributed by atoms with E-state index in [1.165, 1.54) is 0 Å². The first-order valence-corrected chi connectivity index (χ1v) is 4.57. The van der Waals surface area contributed by atoms with Gasteiger partial charge in [0.15, 0.2) is 5.11 Å². The maximum Gasteiger partial charge on any atom is 0.165 e. The Hall–Kier alpha value is -0.390. The topological polar surface area (TPSA) is 90.1 Å². The van der Waals surface area contributed by atoms with Gasteiger partial charge in [-0.3, -0.25) is 0 Å². The van der Waals surface area contributed by atoms with Crippen molar-refractivity contribution < 1.29 is 0 Å². The Kier molecular flexibility index (Phi) is 2.87. The van der Waals surface area contributed by atoms with Gasteiger partial charge in [0, 0.05) is 6.04 Å². The molecule has 2 atom stereocenters. The van der Waals surface area contributed by atoms with E-state index < -0.39 is 5.66 Å². The van der Waals surface area contributed by atoms with Crippen LogP contribution in [0.25, 0.3) is 0 Å². The minimum Gasteiger partial charge on any atom is -0.376 e. The second kappa shape index (κ2) is 3.55. The van der Waals surface area contributed by atoms with Crippen LogP contribution in [0.4, 0.5) is 0 Å². The zero-order chi connectivity index (χ0) is 9.19. The van der Waals surface area contributed by atoms with Crippen molar-refractivity contribution in [2.75, 3.05) is 0 Å². The normalized spacial score (nSPS) is 36.0. The van der Waals surface area contributed by atoms with Crippen LogP contribution in [0.5, 0.6) is 0 Å². The lowest BCUT2D eigenvalue weighted by atomic mass is 9.85. The van der Waals surface area contributed by atoms with E-state index in [-0.39, 0.29) is 11.2 Å². The lowest BCUT2D eigenvalue weighted by Gasteiger charge is -2.39. The molecule has 1 fully saturated rings. The molecular formula is C7H16N4S. The molecular weight excluding hydrogens is 172 g/mol. The van der Waals surface area contributed by atoms with Crippen LogP contribution in [-0.4, -0.2) is 16.8 Å². The molecule has 1 rings (SSSR count). The van der Waals surface area contributed by atoms with Gasteiger partial charge in [0.05, 0.1) is 0 Å². The fourth-order valence-corrected chi connectivity index (χ4v) is 1.80. The van der Waals surface area contributed by atoms with Crippen LogP contribution in [0, 0.1) is 0 Å². The summed E-state index contributed by atoms with van der Waals surface area (Å²) in [5.41, 5.74) is 16.6. The highest BCUT2D eigenvalue weighted by atomic mass is 32.1. The van der Waals surface area contributed by atoms with Crippen molar-refractivity contribution in [2.45, 2.75) is 37.4 Å². The number of nitrogens with two attached hydrogens (primary N) is 3. The smallest absolute Gasteiger partial charge is 0.165 e. The lowest BCUT2D eigenvalue weighted by Crippen LogP contribution is -2.68. The highest BCUT2D eigenvalue weighted by molar-refractivity contribution is 7.80. The molecule has 7 N–H and O–H groups in total. The zero-order valence-corrected chi connectivity index (χ0v) is 7.86. The summed E-state index contributed by atoms with van der Waals surface area (Å²) in [7, 11) is 0. The fraction of sp³-hybridized carbons (Fsp3) is 0.857. The average molecular weight is 188 g/mol. The quantitative estimate of drug-likeness (QED) is 0.325. The van der Waals surface area contributed by atoms with E-state index in [9.17, 15) is 0 Å². The van der Waals surface area contributed by atoms with Crippen LogP contribution in [-0.2, 0) is 0 Å². The maximum atomic E-state index is 6.00. The van der Waals surface area contributed by atoms with Crippen molar-refractivity contribution >= 4 is 17.3 Å². The summed E-state index contributed by atoms with van der Waals surface area (Å²) in [4.78, 5) is 0. The second-order valence-electron chi connectivity index (χ2n) is 3.38. The van der Waals surface area contributed by atoms with E-state index in [2.05, 4.69) is 5.32 Å². The Balaban J connectivity index is 2.59. The van der Waals surface area contributed by atoms with Gasteiger partial charge >= 0.3 is 0 Å². The number of nitrogens with one attached hydrogen (secondary N) is 1. The third-order valence-electron chi connectivity index (χ3n) is 2.37. The lowest BCUT2D eigenvalue weighted by molar-refractivity contribution is 0.233. The molecule has 0 aromatic rings. The summed E-state index contributed by atoms with van der Waals surface area (Å²) in [6, 6.07) is -0.0484. The molecule has 0 aromatic heterocycles. The van der Waals surface area contributed by atoms with E-state index in [1.54, 1.807) is 0 Å². The van der Waals surface area contributed by atoms with Crippen molar-refractivity contribution in [3.05, 3.63) is 0 Å². The largest absolute Gasteiger partial charge is 0.376 e. The summed E-state index contributed by atoms with van der Waals surface area (Å²) in [6.07, 6.45) is 4.00. The van der Waals surface area contributed by atoms with Gasteiger partial charge < -0.3 is 22.5 Å². The van der Waals surface area contributed by atoms with Crippen molar-refractivity contribution in [1.82, 2.24) is 5.32 Å². The summed E-state index contributed by atoms with van der Waals surface area (Å²) in [6.45, 7) is 0. The number of rotatable bonds is 1. The molecule has 1 aliphatic rings. The molecule has 0 aromatic carbocycles. The summed E-state index contributed by atoms with van der Waals surface area (Å²) >= 11 is 4.73. The Morgan fingerprint density at radius 1 is 1.50 bits per heavy atom. The molecule has 2 unspecified atom stereocenters. The minimum absolute atomic E-state index is 0.0484. The van der Waals surface area contributed by atoms with Crippen LogP contribution in [0.15, 0.2) is 0 Å². The minimum atomic E-state index is -0.579. The first-order valence-electron chi connectivity index (χ1n) is 4.17. The first kappa shape index (κ1) is 9.70. The van der Waals surface area contributed by atoms with Crippen molar-refractivity contribution in [3.8, 4) is 0 Å². The van der Waals surface area contributed by atoms with E-state index in [0.29, 0.717) is 0 Å². The van der Waals surface area contributed by atoms with Gasteiger partial charge in [-0.25, -0.2) is 0 Å². The monoisotopic (exact) mass is 188 g/mol. The van der Waals surface area contributed by atoms with E-state index >= 15 is 0 Å². The van der Waals surface area contributed by atoms with Gasteiger partial charge in [0.25, 0.3) is 0 Å². The van der Waals surface area contributed by atoms with Crippen LogP contribution >= 0.6 is 12.2 Å². The first-order chi connectivity index (χ1) is 5.54. The standard InChI is InChI=1S/C7H16N4S/c8-5-3-1-2-4-7(5,10)11-6(9)12/h5H,1-4,8,10H2,(H3,9,11,12). The predicted molar refractivity (Wildman–Crippen MR) is 53.3 cm³/mol. The predicted octanol–water partition coefficient (Wildman–Crippen LogP) is -0.624.